The van der Waals surface area contributed by atoms with Crippen molar-refractivity contribution >= 4 is 11.6 Å². The van der Waals surface area contributed by atoms with Crippen LogP contribution >= 0.6 is 11.6 Å². The smallest absolute Gasteiger partial charge is 0.107 e. The normalized spacial score (nSPS) is 38.5. The fourth-order valence-corrected chi connectivity index (χ4v) is 4.71. The van der Waals surface area contributed by atoms with Crippen LogP contribution in [0.25, 0.3) is 0 Å². The summed E-state index contributed by atoms with van der Waals surface area (Å²) in [7, 11) is 0. The molecule has 4 nitrogen and oxygen atoms in total. The largest absolute Gasteiger partial charge is 0.393 e. The molecule has 0 amide bonds. The first-order valence-electron chi connectivity index (χ1n) is 9.21. The minimum absolute atomic E-state index is 0.0331. The molecule has 144 valence electrons. The maximum atomic E-state index is 11.0. The third-order valence-electron chi connectivity index (χ3n) is 6.16. The molecule has 2 aliphatic rings. The maximum absolute atomic E-state index is 11.0. The average Bonchev–Trinajstić information content (AvgIpc) is 2.87. The molecule has 0 unspecified atom stereocenters. The zero-order valence-electron chi connectivity index (χ0n) is 15.7. The molecule has 0 radical (unpaired) electrons. The third kappa shape index (κ3) is 4.30. The third-order valence-corrected chi connectivity index (χ3v) is 6.78. The first kappa shape index (κ1) is 20.9. The molecule has 4 atom stereocenters. The van der Waals surface area contributed by atoms with Crippen molar-refractivity contribution in [2.75, 3.05) is 6.61 Å². The van der Waals surface area contributed by atoms with Crippen molar-refractivity contribution < 1.29 is 20.4 Å². The highest BCUT2D eigenvalue weighted by atomic mass is 35.5. The van der Waals surface area contributed by atoms with Crippen molar-refractivity contribution in [2.45, 2.75) is 88.4 Å². The Labute approximate surface area is 156 Å². The number of hydrogen-bond donors (Lipinski definition) is 4. The summed E-state index contributed by atoms with van der Waals surface area (Å²) in [5.41, 5.74) is -0.112. The molecule has 0 aromatic carbocycles. The van der Waals surface area contributed by atoms with Gasteiger partial charge in [0.15, 0.2) is 0 Å². The molecule has 0 aromatic heterocycles. The van der Waals surface area contributed by atoms with Crippen LogP contribution in [0.1, 0.15) is 65.7 Å². The molecule has 0 spiro atoms. The minimum Gasteiger partial charge on any atom is -0.393 e. The van der Waals surface area contributed by atoms with Gasteiger partial charge in [-0.25, -0.2) is 0 Å². The molecular formula is C20H33ClO4. The summed E-state index contributed by atoms with van der Waals surface area (Å²) >= 11 is 6.39. The van der Waals surface area contributed by atoms with Crippen molar-refractivity contribution in [3.63, 3.8) is 0 Å². The Morgan fingerprint density at radius 2 is 1.84 bits per heavy atom. The first-order valence-corrected chi connectivity index (χ1v) is 9.65. The molecule has 0 aliphatic heterocycles. The Bertz CT molecular complexity index is 550. The van der Waals surface area contributed by atoms with Crippen LogP contribution in [0.5, 0.6) is 0 Å². The molecule has 1 saturated carbocycles. The van der Waals surface area contributed by atoms with Crippen LogP contribution in [0.15, 0.2) is 23.3 Å². The van der Waals surface area contributed by atoms with Gasteiger partial charge >= 0.3 is 0 Å². The molecular weight excluding hydrogens is 340 g/mol. The minimum atomic E-state index is -1.56. The Hall–Kier alpha value is -0.390. The second-order valence-corrected chi connectivity index (χ2v) is 9.28. The Balaban J connectivity index is 2.51. The van der Waals surface area contributed by atoms with E-state index in [0.717, 1.165) is 42.4 Å². The van der Waals surface area contributed by atoms with Crippen LogP contribution < -0.4 is 0 Å². The highest BCUT2D eigenvalue weighted by Gasteiger charge is 2.47. The maximum Gasteiger partial charge on any atom is 0.107 e. The molecule has 0 heterocycles. The molecule has 2 rings (SSSR count). The summed E-state index contributed by atoms with van der Waals surface area (Å²) in [6, 6.07) is 0. The standard InChI is InChI=1S/C20H33ClO4/c1-13-5-6-16(21)20(25,12-22)11-15(23)17-14(18(2,3)24)8-10-19(17,4)9-7-13/h15-16,22-25H,1,5-12H2,2-4H3/t15-,16+,19-,20+/m1/s1. The summed E-state index contributed by atoms with van der Waals surface area (Å²) in [5, 5.41) is 41.6. The molecule has 1 fully saturated rings. The Kier molecular flexibility index (Phi) is 6.12. The van der Waals surface area contributed by atoms with Gasteiger partial charge in [-0.15, -0.1) is 11.6 Å². The number of alkyl halides is 1. The molecule has 0 saturated heterocycles. The predicted molar refractivity (Wildman–Crippen MR) is 101 cm³/mol. The van der Waals surface area contributed by atoms with Crippen LogP contribution in [0.3, 0.4) is 0 Å². The lowest BCUT2D eigenvalue weighted by Crippen LogP contribution is -2.47. The van der Waals surface area contributed by atoms with Gasteiger partial charge in [-0.2, -0.15) is 0 Å². The highest BCUT2D eigenvalue weighted by molar-refractivity contribution is 6.21. The lowest BCUT2D eigenvalue weighted by Gasteiger charge is -2.37. The van der Waals surface area contributed by atoms with E-state index >= 15 is 0 Å². The van der Waals surface area contributed by atoms with Gasteiger partial charge in [0.2, 0.25) is 0 Å². The zero-order valence-corrected chi connectivity index (χ0v) is 16.4. The number of allylic oxidation sites excluding steroid dienone is 1. The van der Waals surface area contributed by atoms with E-state index in [2.05, 4.69) is 13.5 Å². The van der Waals surface area contributed by atoms with E-state index in [9.17, 15) is 20.4 Å². The molecule has 2 aliphatic carbocycles. The number of rotatable bonds is 2. The lowest BCUT2D eigenvalue weighted by atomic mass is 9.73. The van der Waals surface area contributed by atoms with Crippen LogP contribution in [0, 0.1) is 5.41 Å². The van der Waals surface area contributed by atoms with Crippen LogP contribution in [0.4, 0.5) is 0 Å². The SMILES string of the molecule is C=C1CC[C@H](Cl)[C@@](O)(CO)C[C@@H](O)C2=C(C(C)(C)O)CC[C@@]2(C)CC1. The van der Waals surface area contributed by atoms with Gasteiger partial charge in [-0.3, -0.25) is 0 Å². The van der Waals surface area contributed by atoms with E-state index in [1.54, 1.807) is 13.8 Å². The number of halogens is 1. The van der Waals surface area contributed by atoms with E-state index in [0.29, 0.717) is 12.8 Å². The number of aliphatic hydroxyl groups is 4. The van der Waals surface area contributed by atoms with Crippen LogP contribution in [0.2, 0.25) is 0 Å². The van der Waals surface area contributed by atoms with E-state index in [-0.39, 0.29) is 11.8 Å². The average molecular weight is 373 g/mol. The van der Waals surface area contributed by atoms with Gasteiger partial charge in [0.25, 0.3) is 0 Å². The van der Waals surface area contributed by atoms with Crippen molar-refractivity contribution in [3.8, 4) is 0 Å². The van der Waals surface area contributed by atoms with Crippen molar-refractivity contribution in [2.24, 2.45) is 5.41 Å². The van der Waals surface area contributed by atoms with Gasteiger partial charge in [-0.05, 0) is 68.9 Å². The van der Waals surface area contributed by atoms with Crippen molar-refractivity contribution in [1.29, 1.82) is 0 Å². The highest BCUT2D eigenvalue weighted by Crippen LogP contribution is 2.52. The topological polar surface area (TPSA) is 80.9 Å². The summed E-state index contributed by atoms with van der Waals surface area (Å²) in [6.07, 6.45) is 3.48. The van der Waals surface area contributed by atoms with Crippen LogP contribution in [-0.4, -0.2) is 49.7 Å². The van der Waals surface area contributed by atoms with E-state index < -0.39 is 29.3 Å². The summed E-state index contributed by atoms with van der Waals surface area (Å²) in [6.45, 7) is 9.21. The van der Waals surface area contributed by atoms with Crippen molar-refractivity contribution in [3.05, 3.63) is 23.3 Å². The Morgan fingerprint density at radius 3 is 2.40 bits per heavy atom. The van der Waals surface area contributed by atoms with E-state index in [1.807, 2.05) is 0 Å². The van der Waals surface area contributed by atoms with E-state index in [1.165, 1.54) is 0 Å². The molecule has 4 N–H and O–H groups in total. The molecule has 25 heavy (non-hydrogen) atoms. The predicted octanol–water partition coefficient (Wildman–Crippen LogP) is 3.07. The zero-order chi connectivity index (χ0) is 19.0. The number of hydrogen-bond acceptors (Lipinski definition) is 4. The fraction of sp³-hybridized carbons (Fsp3) is 0.800. The summed E-state index contributed by atoms with van der Waals surface area (Å²) in [4.78, 5) is 0. The van der Waals surface area contributed by atoms with Crippen LogP contribution in [-0.2, 0) is 0 Å². The summed E-state index contributed by atoms with van der Waals surface area (Å²) < 4.78 is 0. The van der Waals surface area contributed by atoms with Gasteiger partial charge in [0.1, 0.15) is 5.60 Å². The van der Waals surface area contributed by atoms with Gasteiger partial charge in [-0.1, -0.05) is 19.1 Å². The lowest BCUT2D eigenvalue weighted by molar-refractivity contribution is -0.0500. The van der Waals surface area contributed by atoms with E-state index in [4.69, 9.17) is 11.6 Å². The van der Waals surface area contributed by atoms with Gasteiger partial charge in [0.05, 0.1) is 23.7 Å². The molecule has 0 aromatic rings. The molecule has 0 bridgehead atoms. The second-order valence-electron chi connectivity index (χ2n) is 8.75. The number of aliphatic hydroxyl groups excluding tert-OH is 2. The number of fused-ring (bicyclic) bond motifs is 1. The van der Waals surface area contributed by atoms with Gasteiger partial charge in [0, 0.05) is 6.42 Å². The van der Waals surface area contributed by atoms with Crippen molar-refractivity contribution in [1.82, 2.24) is 0 Å². The fourth-order valence-electron chi connectivity index (χ4n) is 4.44. The van der Waals surface area contributed by atoms with Gasteiger partial charge < -0.3 is 20.4 Å². The monoisotopic (exact) mass is 372 g/mol. The molecule has 5 heteroatoms. The quantitative estimate of drug-likeness (QED) is 0.443. The first-order chi connectivity index (χ1) is 11.4. The Morgan fingerprint density at radius 1 is 1.24 bits per heavy atom. The summed E-state index contributed by atoms with van der Waals surface area (Å²) in [5.74, 6) is 0. The second kappa shape index (κ2) is 7.32.